The van der Waals surface area contributed by atoms with Crippen LogP contribution in [0.2, 0.25) is 5.02 Å². The van der Waals surface area contributed by atoms with Crippen molar-refractivity contribution in [2.45, 2.75) is 36.9 Å². The molecule has 1 atom stereocenters. The Labute approximate surface area is 208 Å². The fourth-order valence-electron chi connectivity index (χ4n) is 4.12. The van der Waals surface area contributed by atoms with Gasteiger partial charge < -0.3 is 9.47 Å². The van der Waals surface area contributed by atoms with Crippen molar-refractivity contribution in [3.8, 4) is 17.6 Å². The molecule has 8 heteroatoms. The molecule has 0 spiro atoms. The number of nitriles is 1. The number of benzene rings is 2. The van der Waals surface area contributed by atoms with Gasteiger partial charge in [-0.1, -0.05) is 29.4 Å². The van der Waals surface area contributed by atoms with Crippen molar-refractivity contribution in [1.29, 1.82) is 5.26 Å². The molecule has 3 aromatic rings. The Balaban J connectivity index is 1.56. The number of aryl methyl sites for hydroxylation is 1. The molecule has 0 N–H and O–H groups in total. The Hall–Kier alpha value is -2.46. The average Bonchev–Trinajstić information content (AvgIpc) is 2.85. The molecule has 170 valence electrons. The lowest BCUT2D eigenvalue weighted by atomic mass is 9.78. The molecule has 33 heavy (non-hydrogen) atoms. The van der Waals surface area contributed by atoms with E-state index in [1.165, 1.54) is 22.9 Å². The Morgan fingerprint density at radius 1 is 1.21 bits per heavy atom. The number of alkyl halides is 1. The zero-order chi connectivity index (χ0) is 23.2. The van der Waals surface area contributed by atoms with E-state index in [1.807, 2.05) is 30.5 Å². The third kappa shape index (κ3) is 5.55. The van der Waals surface area contributed by atoms with Crippen molar-refractivity contribution in [3.63, 3.8) is 0 Å². The summed E-state index contributed by atoms with van der Waals surface area (Å²) in [5.74, 6) is 1.72. The van der Waals surface area contributed by atoms with Crippen LogP contribution in [-0.4, -0.2) is 28.7 Å². The SMILES string of the molecule is CSc1nccc(COc2ccc3c(c2)CCCC3c2cc(Cl)c(OCCCl)c(C#N)c2)n1. The van der Waals surface area contributed by atoms with Gasteiger partial charge in [0.2, 0.25) is 0 Å². The lowest BCUT2D eigenvalue weighted by Gasteiger charge is -2.27. The first kappa shape index (κ1) is 23.7. The number of nitrogens with zero attached hydrogens (tertiary/aromatic N) is 3. The zero-order valence-electron chi connectivity index (χ0n) is 18.2. The van der Waals surface area contributed by atoms with Gasteiger partial charge in [-0.15, -0.1) is 11.6 Å². The molecule has 1 aliphatic rings. The third-order valence-electron chi connectivity index (χ3n) is 5.60. The topological polar surface area (TPSA) is 68.0 Å². The first-order chi connectivity index (χ1) is 16.1. The molecule has 0 saturated heterocycles. The average molecular weight is 500 g/mol. The minimum atomic E-state index is 0.167. The Bertz CT molecular complexity index is 1180. The fraction of sp³-hybridized carbons (Fsp3) is 0.320. The van der Waals surface area contributed by atoms with E-state index in [0.717, 1.165) is 41.4 Å². The van der Waals surface area contributed by atoms with E-state index in [2.05, 4.69) is 28.2 Å². The van der Waals surface area contributed by atoms with Gasteiger partial charge in [0, 0.05) is 12.1 Å². The molecular weight excluding hydrogens is 477 g/mol. The second-order valence-corrected chi connectivity index (χ2v) is 9.22. The number of hydrogen-bond acceptors (Lipinski definition) is 6. The van der Waals surface area contributed by atoms with Crippen LogP contribution in [0.3, 0.4) is 0 Å². The zero-order valence-corrected chi connectivity index (χ0v) is 20.5. The van der Waals surface area contributed by atoms with Gasteiger partial charge >= 0.3 is 0 Å². The molecule has 0 bridgehead atoms. The van der Waals surface area contributed by atoms with Crippen molar-refractivity contribution in [1.82, 2.24) is 9.97 Å². The molecule has 0 saturated carbocycles. The molecule has 1 heterocycles. The van der Waals surface area contributed by atoms with Gasteiger partial charge in [0.25, 0.3) is 0 Å². The van der Waals surface area contributed by atoms with Crippen LogP contribution in [0.5, 0.6) is 11.5 Å². The number of rotatable bonds is 8. The molecule has 4 rings (SSSR count). The summed E-state index contributed by atoms with van der Waals surface area (Å²) >= 11 is 13.7. The number of ether oxygens (including phenoxy) is 2. The van der Waals surface area contributed by atoms with E-state index in [1.54, 1.807) is 6.20 Å². The molecule has 2 aromatic carbocycles. The quantitative estimate of drug-likeness (QED) is 0.203. The van der Waals surface area contributed by atoms with Gasteiger partial charge in [0.1, 0.15) is 25.0 Å². The summed E-state index contributed by atoms with van der Waals surface area (Å²) in [4.78, 5) is 8.67. The van der Waals surface area contributed by atoms with E-state index in [4.69, 9.17) is 32.7 Å². The van der Waals surface area contributed by atoms with Crippen molar-refractivity contribution >= 4 is 35.0 Å². The van der Waals surface area contributed by atoms with Crippen molar-refractivity contribution in [3.05, 3.63) is 75.6 Å². The van der Waals surface area contributed by atoms with Crippen LogP contribution in [0.15, 0.2) is 47.8 Å². The summed E-state index contributed by atoms with van der Waals surface area (Å²) in [6.07, 6.45) is 6.74. The maximum absolute atomic E-state index is 9.63. The summed E-state index contributed by atoms with van der Waals surface area (Å²) in [7, 11) is 0. The lowest BCUT2D eigenvalue weighted by Crippen LogP contribution is -2.12. The number of aromatic nitrogens is 2. The smallest absolute Gasteiger partial charge is 0.187 e. The Morgan fingerprint density at radius 3 is 2.88 bits per heavy atom. The molecule has 1 unspecified atom stereocenters. The maximum Gasteiger partial charge on any atom is 0.187 e. The van der Waals surface area contributed by atoms with Gasteiger partial charge in [-0.2, -0.15) is 5.26 Å². The summed E-state index contributed by atoms with van der Waals surface area (Å²) in [6.45, 7) is 0.696. The van der Waals surface area contributed by atoms with Crippen molar-refractivity contribution < 1.29 is 9.47 Å². The van der Waals surface area contributed by atoms with E-state index >= 15 is 0 Å². The van der Waals surface area contributed by atoms with E-state index in [9.17, 15) is 5.26 Å². The summed E-state index contributed by atoms with van der Waals surface area (Å²) in [5, 5.41) is 10.8. The summed E-state index contributed by atoms with van der Waals surface area (Å²) in [6, 6.07) is 14.1. The highest BCUT2D eigenvalue weighted by molar-refractivity contribution is 7.98. The van der Waals surface area contributed by atoms with Crippen LogP contribution in [0.25, 0.3) is 0 Å². The number of hydrogen-bond donors (Lipinski definition) is 0. The number of thioether (sulfide) groups is 1. The Kier molecular flexibility index (Phi) is 7.97. The standard InChI is InChI=1S/C25H23Cl2N3O2S/c1-33-25-29-9-7-19(30-25)15-32-20-5-6-22-16(12-20)3-2-4-21(22)17-11-18(14-28)24(23(27)13-17)31-10-8-26/h5-7,9,11-13,21H,2-4,8,10,15H2,1H3. The van der Waals surface area contributed by atoms with E-state index < -0.39 is 0 Å². The second kappa shape index (κ2) is 11.1. The predicted molar refractivity (Wildman–Crippen MR) is 132 cm³/mol. The van der Waals surface area contributed by atoms with Gasteiger partial charge in [-0.3, -0.25) is 0 Å². The van der Waals surface area contributed by atoms with Crippen LogP contribution >= 0.6 is 35.0 Å². The molecule has 0 fully saturated rings. The maximum atomic E-state index is 9.63. The van der Waals surface area contributed by atoms with Gasteiger partial charge in [-0.05, 0) is 72.5 Å². The molecule has 0 radical (unpaired) electrons. The minimum Gasteiger partial charge on any atom is -0.489 e. The monoisotopic (exact) mass is 499 g/mol. The third-order valence-corrected chi connectivity index (χ3v) is 6.60. The fourth-order valence-corrected chi connectivity index (χ4v) is 4.86. The highest BCUT2D eigenvalue weighted by Gasteiger charge is 2.24. The van der Waals surface area contributed by atoms with Crippen LogP contribution < -0.4 is 9.47 Å². The molecule has 1 aromatic heterocycles. The first-order valence-electron chi connectivity index (χ1n) is 10.7. The highest BCUT2D eigenvalue weighted by atomic mass is 35.5. The largest absolute Gasteiger partial charge is 0.489 e. The summed E-state index contributed by atoms with van der Waals surface area (Å²) < 4.78 is 11.6. The Morgan fingerprint density at radius 2 is 2.09 bits per heavy atom. The van der Waals surface area contributed by atoms with Crippen LogP contribution in [0.1, 0.15) is 46.7 Å². The van der Waals surface area contributed by atoms with Crippen molar-refractivity contribution in [2.24, 2.45) is 0 Å². The van der Waals surface area contributed by atoms with Crippen LogP contribution in [-0.2, 0) is 13.0 Å². The van der Waals surface area contributed by atoms with Gasteiger partial charge in [-0.25, -0.2) is 9.97 Å². The molecule has 1 aliphatic carbocycles. The van der Waals surface area contributed by atoms with E-state index in [-0.39, 0.29) is 5.92 Å². The normalized spacial score (nSPS) is 14.9. The van der Waals surface area contributed by atoms with Crippen LogP contribution in [0.4, 0.5) is 0 Å². The molecule has 0 amide bonds. The van der Waals surface area contributed by atoms with Crippen LogP contribution in [0, 0.1) is 11.3 Å². The second-order valence-electron chi connectivity index (χ2n) is 7.66. The summed E-state index contributed by atoms with van der Waals surface area (Å²) in [5.41, 5.74) is 4.81. The highest BCUT2D eigenvalue weighted by Crippen LogP contribution is 2.41. The molecular formula is C25H23Cl2N3O2S. The number of fused-ring (bicyclic) bond motifs is 1. The van der Waals surface area contributed by atoms with E-state index in [0.29, 0.717) is 35.4 Å². The predicted octanol–water partition coefficient (Wildman–Crippen LogP) is 6.39. The van der Waals surface area contributed by atoms with Gasteiger partial charge in [0.15, 0.2) is 10.9 Å². The minimum absolute atomic E-state index is 0.167. The van der Waals surface area contributed by atoms with Crippen molar-refractivity contribution in [2.75, 3.05) is 18.7 Å². The first-order valence-corrected chi connectivity index (χ1v) is 12.8. The van der Waals surface area contributed by atoms with Gasteiger partial charge in [0.05, 0.1) is 22.2 Å². The lowest BCUT2D eigenvalue weighted by molar-refractivity contribution is 0.299. The molecule has 0 aliphatic heterocycles. The number of halogens is 2. The molecule has 5 nitrogen and oxygen atoms in total.